The van der Waals surface area contributed by atoms with Gasteiger partial charge in [-0.25, -0.2) is 4.68 Å². The molecule has 1 aromatic heterocycles. The summed E-state index contributed by atoms with van der Waals surface area (Å²) in [4.78, 5) is 11.3. The quantitative estimate of drug-likeness (QED) is 0.248. The molecule has 0 aliphatic heterocycles. The number of carbonyl (C=O) groups excluding carboxylic acids is 1. The van der Waals surface area contributed by atoms with Crippen molar-refractivity contribution in [1.82, 2.24) is 9.78 Å². The Balaban J connectivity index is 2.24. The van der Waals surface area contributed by atoms with E-state index in [0.29, 0.717) is 16.9 Å². The van der Waals surface area contributed by atoms with Crippen molar-refractivity contribution >= 4 is 23.1 Å². The fraction of sp³-hybridized carbons (Fsp3) is 0.0833. The highest BCUT2D eigenvalue weighted by molar-refractivity contribution is 5.98. The Morgan fingerprint density at radius 2 is 2.32 bits per heavy atom. The summed E-state index contributed by atoms with van der Waals surface area (Å²) in [5, 5.41) is 18.9. The molecule has 0 radical (unpaired) electrons. The van der Waals surface area contributed by atoms with Crippen LogP contribution < -0.4 is 11.1 Å². The first-order valence-electron chi connectivity index (χ1n) is 5.51. The van der Waals surface area contributed by atoms with Gasteiger partial charge in [0.15, 0.2) is 5.78 Å². The molecule has 0 aliphatic rings. The Morgan fingerprint density at radius 1 is 1.53 bits per heavy atom. The standard InChI is InChI=1S/C12H13N5O2/c1-8(18)9-3-2-4-11(5-9)15-12(16-19)17-7-10(13)6-14-17/h2-7,19H,13H2,1H3,(H,15,16). The summed E-state index contributed by atoms with van der Waals surface area (Å²) in [7, 11) is 0. The van der Waals surface area contributed by atoms with E-state index < -0.39 is 0 Å². The Hall–Kier alpha value is -2.83. The Kier molecular flexibility index (Phi) is 3.46. The van der Waals surface area contributed by atoms with E-state index >= 15 is 0 Å². The minimum Gasteiger partial charge on any atom is -0.408 e. The summed E-state index contributed by atoms with van der Waals surface area (Å²) in [6.45, 7) is 1.48. The second-order valence-corrected chi connectivity index (χ2v) is 3.90. The van der Waals surface area contributed by atoms with Crippen LogP contribution in [0, 0.1) is 0 Å². The molecule has 4 N–H and O–H groups in total. The van der Waals surface area contributed by atoms with Gasteiger partial charge in [-0.3, -0.25) is 4.79 Å². The topological polar surface area (TPSA) is 106 Å². The number of ketones is 1. The van der Waals surface area contributed by atoms with Gasteiger partial charge in [0.1, 0.15) is 0 Å². The van der Waals surface area contributed by atoms with E-state index in [1.54, 1.807) is 24.3 Å². The molecule has 0 spiro atoms. The molecule has 0 fully saturated rings. The van der Waals surface area contributed by atoms with Crippen LogP contribution in [0.4, 0.5) is 11.4 Å². The maximum absolute atomic E-state index is 11.3. The first kappa shape index (κ1) is 12.6. The van der Waals surface area contributed by atoms with Crippen molar-refractivity contribution in [3.8, 4) is 0 Å². The fourth-order valence-corrected chi connectivity index (χ4v) is 1.53. The predicted molar refractivity (Wildman–Crippen MR) is 71.3 cm³/mol. The summed E-state index contributed by atoms with van der Waals surface area (Å²) in [5.74, 6) is 0.0341. The molecule has 0 saturated heterocycles. The predicted octanol–water partition coefficient (Wildman–Crippen LogP) is 1.37. The van der Waals surface area contributed by atoms with Gasteiger partial charge in [0.25, 0.3) is 5.96 Å². The van der Waals surface area contributed by atoms with Gasteiger partial charge in [0.05, 0.1) is 18.1 Å². The largest absolute Gasteiger partial charge is 0.408 e. The SMILES string of the molecule is CC(=O)c1cccc(NC(=NO)n2cc(N)cn2)c1. The lowest BCUT2D eigenvalue weighted by molar-refractivity contribution is 0.101. The van der Waals surface area contributed by atoms with E-state index in [9.17, 15) is 4.79 Å². The number of anilines is 2. The Morgan fingerprint density at radius 3 is 2.89 bits per heavy atom. The van der Waals surface area contributed by atoms with Gasteiger partial charge in [-0.1, -0.05) is 12.1 Å². The first-order valence-corrected chi connectivity index (χ1v) is 5.51. The number of nitrogen functional groups attached to an aromatic ring is 1. The van der Waals surface area contributed by atoms with E-state index in [0.717, 1.165) is 0 Å². The van der Waals surface area contributed by atoms with Crippen LogP contribution in [-0.2, 0) is 0 Å². The highest BCUT2D eigenvalue weighted by atomic mass is 16.4. The molecule has 0 aliphatic carbocycles. The summed E-state index contributed by atoms with van der Waals surface area (Å²) < 4.78 is 1.29. The van der Waals surface area contributed by atoms with Gasteiger partial charge in [-0.15, -0.1) is 0 Å². The second-order valence-electron chi connectivity index (χ2n) is 3.90. The van der Waals surface area contributed by atoms with Crippen LogP contribution in [-0.4, -0.2) is 26.7 Å². The molecule has 19 heavy (non-hydrogen) atoms. The molecule has 0 saturated carbocycles. The molecule has 0 unspecified atom stereocenters. The number of hydrogen-bond donors (Lipinski definition) is 3. The van der Waals surface area contributed by atoms with Crippen molar-refractivity contribution in [3.63, 3.8) is 0 Å². The number of benzene rings is 1. The van der Waals surface area contributed by atoms with E-state index in [2.05, 4.69) is 15.6 Å². The average Bonchev–Trinajstić information content (AvgIpc) is 2.83. The minimum absolute atomic E-state index is 0.0468. The van der Waals surface area contributed by atoms with Gasteiger partial charge >= 0.3 is 0 Å². The third-order valence-corrected chi connectivity index (χ3v) is 2.44. The Bertz CT molecular complexity index is 633. The monoisotopic (exact) mass is 259 g/mol. The van der Waals surface area contributed by atoms with Crippen LogP contribution in [0.1, 0.15) is 17.3 Å². The van der Waals surface area contributed by atoms with E-state index in [1.165, 1.54) is 24.0 Å². The van der Waals surface area contributed by atoms with Crippen molar-refractivity contribution in [2.24, 2.45) is 5.16 Å². The summed E-state index contributed by atoms with van der Waals surface area (Å²) in [5.41, 5.74) is 7.14. The molecule has 0 atom stereocenters. The average molecular weight is 259 g/mol. The molecule has 0 amide bonds. The maximum Gasteiger partial charge on any atom is 0.265 e. The van der Waals surface area contributed by atoms with Crippen LogP contribution in [0.5, 0.6) is 0 Å². The highest BCUT2D eigenvalue weighted by Crippen LogP contribution is 2.12. The van der Waals surface area contributed by atoms with Crippen molar-refractivity contribution in [2.75, 3.05) is 11.1 Å². The second kappa shape index (κ2) is 5.21. The van der Waals surface area contributed by atoms with Crippen molar-refractivity contribution in [3.05, 3.63) is 42.2 Å². The number of carbonyl (C=O) groups is 1. The van der Waals surface area contributed by atoms with Gasteiger partial charge in [-0.05, 0) is 24.2 Å². The van der Waals surface area contributed by atoms with Crippen LogP contribution in [0.15, 0.2) is 41.8 Å². The fourth-order valence-electron chi connectivity index (χ4n) is 1.53. The number of oxime groups is 1. The smallest absolute Gasteiger partial charge is 0.265 e. The summed E-state index contributed by atoms with van der Waals surface area (Å²) in [6.07, 6.45) is 2.93. The third-order valence-electron chi connectivity index (χ3n) is 2.44. The molecule has 2 aromatic rings. The zero-order valence-electron chi connectivity index (χ0n) is 10.2. The molecular formula is C12H13N5O2. The summed E-state index contributed by atoms with van der Waals surface area (Å²) in [6, 6.07) is 6.82. The Labute approximate surface area is 109 Å². The van der Waals surface area contributed by atoms with E-state index in [1.807, 2.05) is 0 Å². The van der Waals surface area contributed by atoms with Crippen LogP contribution >= 0.6 is 0 Å². The van der Waals surface area contributed by atoms with Gasteiger partial charge in [0.2, 0.25) is 0 Å². The molecule has 7 heteroatoms. The third kappa shape index (κ3) is 2.89. The number of nitrogens with zero attached hydrogens (tertiary/aromatic N) is 3. The number of rotatable bonds is 2. The van der Waals surface area contributed by atoms with Crippen molar-refractivity contribution in [2.45, 2.75) is 6.92 Å². The van der Waals surface area contributed by atoms with Gasteiger partial charge in [-0.2, -0.15) is 5.10 Å². The number of aromatic nitrogens is 2. The zero-order chi connectivity index (χ0) is 13.8. The molecule has 1 aromatic carbocycles. The highest BCUT2D eigenvalue weighted by Gasteiger charge is 2.07. The van der Waals surface area contributed by atoms with E-state index in [4.69, 9.17) is 10.9 Å². The lowest BCUT2D eigenvalue weighted by Crippen LogP contribution is -2.22. The first-order chi connectivity index (χ1) is 9.10. The molecule has 1 heterocycles. The van der Waals surface area contributed by atoms with E-state index in [-0.39, 0.29) is 11.7 Å². The van der Waals surface area contributed by atoms with Crippen molar-refractivity contribution < 1.29 is 10.0 Å². The number of nitrogens with two attached hydrogens (primary N) is 1. The van der Waals surface area contributed by atoms with Gasteiger partial charge < -0.3 is 16.3 Å². The molecule has 98 valence electrons. The number of Topliss-reactive ketones (excluding diaryl/α,β-unsaturated/α-hetero) is 1. The lowest BCUT2D eigenvalue weighted by atomic mass is 10.1. The van der Waals surface area contributed by atoms with Crippen LogP contribution in [0.2, 0.25) is 0 Å². The summed E-state index contributed by atoms with van der Waals surface area (Å²) >= 11 is 0. The number of hydrogen-bond acceptors (Lipinski definition) is 5. The molecule has 0 bridgehead atoms. The minimum atomic E-state index is -0.0468. The van der Waals surface area contributed by atoms with Gasteiger partial charge in [0, 0.05) is 11.3 Å². The molecular weight excluding hydrogens is 246 g/mol. The maximum atomic E-state index is 11.3. The molecule has 2 rings (SSSR count). The molecule has 7 nitrogen and oxygen atoms in total. The normalized spacial score (nSPS) is 11.3. The zero-order valence-corrected chi connectivity index (χ0v) is 10.2. The van der Waals surface area contributed by atoms with Crippen LogP contribution in [0.25, 0.3) is 0 Å². The van der Waals surface area contributed by atoms with Crippen molar-refractivity contribution in [1.29, 1.82) is 0 Å². The number of nitrogens with one attached hydrogen (secondary N) is 1. The van der Waals surface area contributed by atoms with Crippen LogP contribution in [0.3, 0.4) is 0 Å². The lowest BCUT2D eigenvalue weighted by Gasteiger charge is -2.08.